The van der Waals surface area contributed by atoms with Crippen LogP contribution in [0.3, 0.4) is 0 Å². The summed E-state index contributed by atoms with van der Waals surface area (Å²) in [6, 6.07) is 6.68. The average molecular weight is 435 g/mol. The predicted octanol–water partition coefficient (Wildman–Crippen LogP) is 2.84. The number of rotatable bonds is 8. The Balaban J connectivity index is 1.84. The average Bonchev–Trinajstić information content (AvgIpc) is 2.75. The minimum atomic E-state index is -0.904. The molecular formula is C21H27ClN4O4. The van der Waals surface area contributed by atoms with Crippen LogP contribution in [0.25, 0.3) is 0 Å². The summed E-state index contributed by atoms with van der Waals surface area (Å²) in [7, 11) is 1.58. The maximum Gasteiger partial charge on any atom is 0.346 e. The first-order valence-electron chi connectivity index (χ1n) is 10.1. The van der Waals surface area contributed by atoms with E-state index in [1.807, 2.05) is 0 Å². The Morgan fingerprint density at radius 2 is 2.13 bits per heavy atom. The molecule has 162 valence electrons. The molecule has 0 saturated heterocycles. The number of ether oxygens (including phenoxy) is 1. The van der Waals surface area contributed by atoms with E-state index >= 15 is 0 Å². The van der Waals surface area contributed by atoms with Crippen molar-refractivity contribution in [2.24, 2.45) is 5.92 Å². The number of hydrogen-bond donors (Lipinski definition) is 3. The van der Waals surface area contributed by atoms with Gasteiger partial charge in [0.2, 0.25) is 0 Å². The number of H-pyrrole nitrogens is 1. The van der Waals surface area contributed by atoms with Crippen molar-refractivity contribution in [1.29, 1.82) is 0 Å². The molecule has 1 heterocycles. The molecule has 0 spiro atoms. The topological polar surface area (TPSA) is 108 Å². The van der Waals surface area contributed by atoms with Gasteiger partial charge in [0.25, 0.3) is 5.91 Å². The number of methoxy groups -OCH3 is 1. The summed E-state index contributed by atoms with van der Waals surface area (Å²) in [5.41, 5.74) is 0.427. The Labute approximate surface area is 180 Å². The Bertz CT molecular complexity index is 914. The molecule has 1 aliphatic carbocycles. The number of amides is 1. The normalized spacial score (nSPS) is 15.6. The lowest BCUT2D eigenvalue weighted by Gasteiger charge is -2.27. The first kappa shape index (κ1) is 22.3. The molecule has 30 heavy (non-hydrogen) atoms. The van der Waals surface area contributed by atoms with Crippen molar-refractivity contribution in [3.63, 3.8) is 0 Å². The van der Waals surface area contributed by atoms with Crippen LogP contribution >= 0.6 is 11.6 Å². The third-order valence-corrected chi connectivity index (χ3v) is 5.68. The molecule has 8 nitrogen and oxygen atoms in total. The third-order valence-electron chi connectivity index (χ3n) is 5.35. The summed E-state index contributed by atoms with van der Waals surface area (Å²) in [6.45, 7) is 0.832. The highest BCUT2D eigenvalue weighted by Crippen LogP contribution is 2.29. The van der Waals surface area contributed by atoms with Crippen molar-refractivity contribution in [3.05, 3.63) is 51.5 Å². The Morgan fingerprint density at radius 1 is 1.37 bits per heavy atom. The Hall–Kier alpha value is -2.42. The van der Waals surface area contributed by atoms with Gasteiger partial charge in [-0.1, -0.05) is 30.9 Å². The summed E-state index contributed by atoms with van der Waals surface area (Å²) in [5.74, 6) is 0.141. The lowest BCUT2D eigenvalue weighted by Crippen LogP contribution is -2.41. The van der Waals surface area contributed by atoms with Gasteiger partial charge in [0.15, 0.2) is 0 Å². The van der Waals surface area contributed by atoms with Gasteiger partial charge in [-0.2, -0.15) is 0 Å². The van der Waals surface area contributed by atoms with Crippen molar-refractivity contribution in [1.82, 2.24) is 15.3 Å². The van der Waals surface area contributed by atoms with Crippen molar-refractivity contribution in [3.8, 4) is 0 Å². The first-order valence-corrected chi connectivity index (χ1v) is 10.5. The predicted molar refractivity (Wildman–Crippen MR) is 115 cm³/mol. The first-order chi connectivity index (χ1) is 14.5. The van der Waals surface area contributed by atoms with E-state index < -0.39 is 17.8 Å². The zero-order valence-electron chi connectivity index (χ0n) is 16.9. The van der Waals surface area contributed by atoms with E-state index in [0.717, 1.165) is 25.7 Å². The Morgan fingerprint density at radius 3 is 2.83 bits per heavy atom. The van der Waals surface area contributed by atoms with Gasteiger partial charge in [-0.3, -0.25) is 9.78 Å². The van der Waals surface area contributed by atoms with Gasteiger partial charge < -0.3 is 20.1 Å². The van der Waals surface area contributed by atoms with E-state index in [-0.39, 0.29) is 16.5 Å². The van der Waals surface area contributed by atoms with E-state index in [1.54, 1.807) is 36.3 Å². The minimum Gasteiger partial charge on any atom is -0.383 e. The second kappa shape index (κ2) is 10.6. The largest absolute Gasteiger partial charge is 0.383 e. The molecule has 0 radical (unpaired) electrons. The molecule has 0 aliphatic heterocycles. The number of halogens is 1. The molecule has 3 N–H and O–H groups in total. The van der Waals surface area contributed by atoms with Gasteiger partial charge in [-0.25, -0.2) is 9.78 Å². The SMILES string of the molecule is COCCN(c1ccc(Cl)c(C(=O)NC(O)C2CCCCC2)c1)c1ccnc(=O)[nH]1. The summed E-state index contributed by atoms with van der Waals surface area (Å²) < 4.78 is 5.18. The number of benzene rings is 1. The Kier molecular flexibility index (Phi) is 7.84. The van der Waals surface area contributed by atoms with Crippen LogP contribution in [-0.2, 0) is 4.74 Å². The third kappa shape index (κ3) is 5.59. The zero-order valence-corrected chi connectivity index (χ0v) is 17.7. The fourth-order valence-corrected chi connectivity index (χ4v) is 3.93. The molecule has 1 atom stereocenters. The molecule has 1 aromatic heterocycles. The highest BCUT2D eigenvalue weighted by molar-refractivity contribution is 6.34. The number of carbonyl (C=O) groups excluding carboxylic acids is 1. The van der Waals surface area contributed by atoms with Crippen molar-refractivity contribution >= 4 is 29.0 Å². The highest BCUT2D eigenvalue weighted by atomic mass is 35.5. The van der Waals surface area contributed by atoms with E-state index in [4.69, 9.17) is 16.3 Å². The van der Waals surface area contributed by atoms with E-state index in [9.17, 15) is 14.7 Å². The molecule has 1 amide bonds. The minimum absolute atomic E-state index is 0.0600. The van der Waals surface area contributed by atoms with Gasteiger partial charge in [0.1, 0.15) is 12.0 Å². The maximum absolute atomic E-state index is 12.8. The van der Waals surface area contributed by atoms with Crippen LogP contribution in [0.5, 0.6) is 0 Å². The molecular weight excluding hydrogens is 408 g/mol. The number of aliphatic hydroxyl groups is 1. The molecule has 1 fully saturated rings. The molecule has 1 unspecified atom stereocenters. The molecule has 0 bridgehead atoms. The number of nitrogens with one attached hydrogen (secondary N) is 2. The highest BCUT2D eigenvalue weighted by Gasteiger charge is 2.24. The molecule has 2 aromatic rings. The van der Waals surface area contributed by atoms with E-state index in [0.29, 0.717) is 24.7 Å². The number of aromatic amines is 1. The summed E-state index contributed by atoms with van der Waals surface area (Å²) in [5, 5.41) is 13.4. The van der Waals surface area contributed by atoms with Gasteiger partial charge in [0.05, 0.1) is 17.2 Å². The van der Waals surface area contributed by atoms with Crippen LogP contribution in [0.4, 0.5) is 11.5 Å². The zero-order chi connectivity index (χ0) is 21.5. The molecule has 1 aromatic carbocycles. The lowest BCUT2D eigenvalue weighted by atomic mass is 9.88. The fourth-order valence-electron chi connectivity index (χ4n) is 3.72. The van der Waals surface area contributed by atoms with Crippen LogP contribution in [0.15, 0.2) is 35.3 Å². The van der Waals surface area contributed by atoms with Gasteiger partial charge in [-0.05, 0) is 37.1 Å². The van der Waals surface area contributed by atoms with Crippen LogP contribution in [0.1, 0.15) is 42.5 Å². The van der Waals surface area contributed by atoms with E-state index in [2.05, 4.69) is 15.3 Å². The quantitative estimate of drug-likeness (QED) is 0.551. The summed E-state index contributed by atoms with van der Waals surface area (Å²) in [4.78, 5) is 32.6. The van der Waals surface area contributed by atoms with Gasteiger partial charge in [-0.15, -0.1) is 0 Å². The number of anilines is 2. The van der Waals surface area contributed by atoms with Crippen molar-refractivity contribution in [2.75, 3.05) is 25.2 Å². The number of aromatic nitrogens is 2. The van der Waals surface area contributed by atoms with Crippen molar-refractivity contribution < 1.29 is 14.6 Å². The summed E-state index contributed by atoms with van der Waals surface area (Å²) >= 11 is 6.29. The number of hydrogen-bond acceptors (Lipinski definition) is 6. The van der Waals surface area contributed by atoms with Crippen LogP contribution in [0, 0.1) is 5.92 Å². The molecule has 1 saturated carbocycles. The summed E-state index contributed by atoms with van der Waals surface area (Å²) in [6.07, 6.45) is 5.60. The number of nitrogens with zero attached hydrogens (tertiary/aromatic N) is 2. The van der Waals surface area contributed by atoms with E-state index in [1.165, 1.54) is 12.6 Å². The standard InChI is InChI=1S/C21H27ClN4O4/c1-30-12-11-26(18-9-10-23-21(29)24-18)15-7-8-17(22)16(13-15)20(28)25-19(27)14-5-3-2-4-6-14/h7-10,13-14,19,27H,2-6,11-12H2,1H3,(H,25,28)(H,23,24,29). The van der Waals surface area contributed by atoms with Crippen molar-refractivity contribution in [2.45, 2.75) is 38.3 Å². The molecule has 9 heteroatoms. The van der Waals surface area contributed by atoms with Crippen LogP contribution in [-0.4, -0.2) is 47.5 Å². The van der Waals surface area contributed by atoms with Gasteiger partial charge >= 0.3 is 5.69 Å². The monoisotopic (exact) mass is 434 g/mol. The second-order valence-electron chi connectivity index (χ2n) is 7.39. The lowest BCUT2D eigenvalue weighted by molar-refractivity contribution is 0.0463. The maximum atomic E-state index is 12.8. The van der Waals surface area contributed by atoms with Crippen LogP contribution in [0.2, 0.25) is 5.02 Å². The number of carbonyl (C=O) groups is 1. The van der Waals surface area contributed by atoms with Crippen LogP contribution < -0.4 is 15.9 Å². The van der Waals surface area contributed by atoms with Gasteiger partial charge in [0, 0.05) is 31.5 Å². The molecule has 3 rings (SSSR count). The molecule has 1 aliphatic rings. The second-order valence-corrected chi connectivity index (χ2v) is 7.79. The smallest absolute Gasteiger partial charge is 0.346 e. The fraction of sp³-hybridized carbons (Fsp3) is 0.476. The number of aliphatic hydroxyl groups excluding tert-OH is 1.